The second-order valence-electron chi connectivity index (χ2n) is 5.25. The smallest absolute Gasteiger partial charge is 0.122 e. The van der Waals surface area contributed by atoms with E-state index in [1.165, 1.54) is 43.4 Å². The lowest BCUT2D eigenvalue weighted by Crippen LogP contribution is -2.39. The Kier molecular flexibility index (Phi) is 2.31. The van der Waals surface area contributed by atoms with E-state index in [1.807, 2.05) is 0 Å². The second-order valence-corrected chi connectivity index (χ2v) is 5.25. The number of hydrogen-bond acceptors (Lipinski definition) is 2. The molecule has 2 aliphatic rings. The van der Waals surface area contributed by atoms with Gasteiger partial charge in [0.1, 0.15) is 11.4 Å². The molecule has 1 aromatic rings. The number of nitrogens with one attached hydrogen (secondary N) is 1. The minimum absolute atomic E-state index is 0.100. The summed E-state index contributed by atoms with van der Waals surface area (Å²) in [7, 11) is 0. The monoisotopic (exact) mass is 217 g/mol. The molecule has 1 N–H and O–H groups in total. The Bertz CT molecular complexity index is 396. The van der Waals surface area contributed by atoms with E-state index < -0.39 is 0 Å². The van der Waals surface area contributed by atoms with Crippen LogP contribution in [-0.4, -0.2) is 12.1 Å². The first-order valence-corrected chi connectivity index (χ1v) is 6.31. The lowest BCUT2D eigenvalue weighted by atomic mass is 9.82. The molecule has 86 valence electrons. The largest absolute Gasteiger partial charge is 0.488 e. The van der Waals surface area contributed by atoms with Crippen molar-refractivity contribution in [1.29, 1.82) is 0 Å². The number of aryl methyl sites for hydroxylation is 1. The van der Waals surface area contributed by atoms with E-state index in [-0.39, 0.29) is 5.60 Å². The topological polar surface area (TPSA) is 21.3 Å². The van der Waals surface area contributed by atoms with Crippen molar-refractivity contribution in [2.24, 2.45) is 0 Å². The van der Waals surface area contributed by atoms with Crippen LogP contribution in [0.3, 0.4) is 0 Å². The molecule has 1 aliphatic carbocycles. The molecule has 0 unspecified atom stereocenters. The lowest BCUT2D eigenvalue weighted by Gasteiger charge is -2.38. The minimum Gasteiger partial charge on any atom is -0.488 e. The number of rotatable bonds is 2. The summed E-state index contributed by atoms with van der Waals surface area (Å²) in [6.07, 6.45) is 6.12. The lowest BCUT2D eigenvalue weighted by molar-refractivity contribution is 0.0113. The van der Waals surface area contributed by atoms with Crippen molar-refractivity contribution in [2.45, 2.75) is 44.6 Å². The van der Waals surface area contributed by atoms with E-state index in [2.05, 4.69) is 30.4 Å². The van der Waals surface area contributed by atoms with Crippen LogP contribution in [0.1, 0.15) is 38.2 Å². The van der Waals surface area contributed by atoms with Crippen molar-refractivity contribution in [2.75, 3.05) is 11.9 Å². The molecule has 1 aromatic carbocycles. The molecule has 2 nitrogen and oxygen atoms in total. The van der Waals surface area contributed by atoms with Crippen LogP contribution in [0.2, 0.25) is 0 Å². The molecule has 1 saturated carbocycles. The highest BCUT2D eigenvalue weighted by Crippen LogP contribution is 2.37. The third-order valence-corrected chi connectivity index (χ3v) is 3.80. The van der Waals surface area contributed by atoms with Gasteiger partial charge in [-0.1, -0.05) is 6.07 Å². The van der Waals surface area contributed by atoms with Crippen molar-refractivity contribution in [3.63, 3.8) is 0 Å². The van der Waals surface area contributed by atoms with Crippen molar-refractivity contribution >= 4 is 5.69 Å². The molecular weight excluding hydrogens is 198 g/mol. The maximum Gasteiger partial charge on any atom is 0.122 e. The Hall–Kier alpha value is -1.18. The summed E-state index contributed by atoms with van der Waals surface area (Å²) in [6.45, 7) is 3.30. The summed E-state index contributed by atoms with van der Waals surface area (Å²) in [5, 5.41) is 3.44. The third-order valence-electron chi connectivity index (χ3n) is 3.80. The van der Waals surface area contributed by atoms with Gasteiger partial charge in [-0.2, -0.15) is 0 Å². The Morgan fingerprint density at radius 1 is 1.25 bits per heavy atom. The Labute approximate surface area is 97.0 Å². The van der Waals surface area contributed by atoms with E-state index in [4.69, 9.17) is 4.74 Å². The Morgan fingerprint density at radius 2 is 2.12 bits per heavy atom. The van der Waals surface area contributed by atoms with Gasteiger partial charge in [0.05, 0.1) is 0 Å². The zero-order chi connectivity index (χ0) is 11.0. The van der Waals surface area contributed by atoms with Crippen LogP contribution in [-0.2, 0) is 6.42 Å². The maximum absolute atomic E-state index is 6.06. The number of benzene rings is 1. The first-order chi connectivity index (χ1) is 7.75. The van der Waals surface area contributed by atoms with E-state index in [1.54, 1.807) is 0 Å². The van der Waals surface area contributed by atoms with Gasteiger partial charge in [0.25, 0.3) is 0 Å². The fourth-order valence-corrected chi connectivity index (χ4v) is 2.56. The molecule has 0 spiro atoms. The number of fused-ring (bicyclic) bond motifs is 1. The summed E-state index contributed by atoms with van der Waals surface area (Å²) < 4.78 is 6.06. The molecule has 0 amide bonds. The summed E-state index contributed by atoms with van der Waals surface area (Å²) >= 11 is 0. The maximum atomic E-state index is 6.06. The Balaban J connectivity index is 1.80. The molecule has 3 rings (SSSR count). The summed E-state index contributed by atoms with van der Waals surface area (Å²) in [5.74, 6) is 1.02. The van der Waals surface area contributed by atoms with Crippen molar-refractivity contribution in [1.82, 2.24) is 0 Å². The normalized spacial score (nSPS) is 21.6. The summed E-state index contributed by atoms with van der Waals surface area (Å²) in [4.78, 5) is 0. The number of hydrogen-bond donors (Lipinski definition) is 1. The van der Waals surface area contributed by atoms with Crippen molar-refractivity contribution < 1.29 is 4.74 Å². The highest BCUT2D eigenvalue weighted by atomic mass is 16.5. The quantitative estimate of drug-likeness (QED) is 0.820. The minimum atomic E-state index is 0.100. The van der Waals surface area contributed by atoms with Gasteiger partial charge in [-0.3, -0.25) is 0 Å². The summed E-state index contributed by atoms with van der Waals surface area (Å²) in [5.41, 5.74) is 2.80. The molecule has 0 aromatic heterocycles. The van der Waals surface area contributed by atoms with Crippen molar-refractivity contribution in [3.05, 3.63) is 23.8 Å². The number of anilines is 1. The molecule has 1 fully saturated rings. The van der Waals surface area contributed by atoms with Gasteiger partial charge in [-0.15, -0.1) is 0 Å². The van der Waals surface area contributed by atoms with Crippen LogP contribution in [0.5, 0.6) is 5.75 Å². The van der Waals surface area contributed by atoms with E-state index in [0.717, 1.165) is 12.3 Å². The SMILES string of the molecule is CC1(Oc2ccc3c(c2)NCCC3)CCC1. The molecule has 1 aliphatic heterocycles. The van der Waals surface area contributed by atoms with E-state index >= 15 is 0 Å². The van der Waals surface area contributed by atoms with Gasteiger partial charge in [0, 0.05) is 18.3 Å². The zero-order valence-electron chi connectivity index (χ0n) is 9.88. The van der Waals surface area contributed by atoms with Crippen LogP contribution < -0.4 is 10.1 Å². The molecular formula is C14H19NO. The van der Waals surface area contributed by atoms with Crippen LogP contribution in [0, 0.1) is 0 Å². The fraction of sp³-hybridized carbons (Fsp3) is 0.571. The molecule has 0 radical (unpaired) electrons. The van der Waals surface area contributed by atoms with Gasteiger partial charge in [0.2, 0.25) is 0 Å². The molecule has 0 saturated heterocycles. The molecule has 2 heteroatoms. The summed E-state index contributed by atoms with van der Waals surface area (Å²) in [6, 6.07) is 6.49. The first-order valence-electron chi connectivity index (χ1n) is 6.31. The van der Waals surface area contributed by atoms with Crippen LogP contribution in [0.4, 0.5) is 5.69 Å². The predicted octanol–water partition coefficient (Wildman–Crippen LogP) is 3.37. The van der Waals surface area contributed by atoms with Crippen molar-refractivity contribution in [3.8, 4) is 5.75 Å². The highest BCUT2D eigenvalue weighted by Gasteiger charge is 2.34. The van der Waals surface area contributed by atoms with Crippen LogP contribution in [0.25, 0.3) is 0 Å². The van der Waals surface area contributed by atoms with Gasteiger partial charge in [0.15, 0.2) is 0 Å². The molecule has 16 heavy (non-hydrogen) atoms. The zero-order valence-corrected chi connectivity index (χ0v) is 9.88. The molecule has 1 heterocycles. The third kappa shape index (κ3) is 1.77. The predicted molar refractivity (Wildman–Crippen MR) is 66.1 cm³/mol. The van der Waals surface area contributed by atoms with Gasteiger partial charge in [-0.25, -0.2) is 0 Å². The molecule has 0 atom stereocenters. The first kappa shape index (κ1) is 10.0. The van der Waals surface area contributed by atoms with E-state index in [0.29, 0.717) is 0 Å². The van der Waals surface area contributed by atoms with Crippen LogP contribution in [0.15, 0.2) is 18.2 Å². The fourth-order valence-electron chi connectivity index (χ4n) is 2.56. The van der Waals surface area contributed by atoms with Gasteiger partial charge < -0.3 is 10.1 Å². The average Bonchev–Trinajstić information content (AvgIpc) is 2.27. The Morgan fingerprint density at radius 3 is 2.88 bits per heavy atom. The van der Waals surface area contributed by atoms with Gasteiger partial charge >= 0.3 is 0 Å². The average molecular weight is 217 g/mol. The van der Waals surface area contributed by atoms with E-state index in [9.17, 15) is 0 Å². The standard InChI is InChI=1S/C14H19NO/c1-14(7-3-8-14)16-12-6-5-11-4-2-9-15-13(11)10-12/h5-6,10,15H,2-4,7-9H2,1H3. The van der Waals surface area contributed by atoms with Gasteiger partial charge in [-0.05, 0) is 50.7 Å². The van der Waals surface area contributed by atoms with Crippen LogP contribution >= 0.6 is 0 Å². The number of ether oxygens (including phenoxy) is 1. The second kappa shape index (κ2) is 3.69. The highest BCUT2D eigenvalue weighted by molar-refractivity contribution is 5.56. The molecule has 0 bridgehead atoms.